The van der Waals surface area contributed by atoms with Gasteiger partial charge in [0.05, 0.1) is 12.1 Å². The third-order valence-corrected chi connectivity index (χ3v) is 3.38. The molecular weight excluding hydrogens is 200 g/mol. The van der Waals surface area contributed by atoms with Crippen molar-refractivity contribution < 1.29 is 0 Å². The first-order valence-corrected chi connectivity index (χ1v) is 6.23. The molecule has 16 heavy (non-hydrogen) atoms. The predicted molar refractivity (Wildman–Crippen MR) is 66.2 cm³/mol. The van der Waals surface area contributed by atoms with E-state index in [9.17, 15) is 0 Å². The first kappa shape index (κ1) is 13.4. The third kappa shape index (κ3) is 4.09. The highest BCUT2D eigenvalue weighted by molar-refractivity contribution is 4.90. The molecule has 2 unspecified atom stereocenters. The Morgan fingerprint density at radius 1 is 1.50 bits per heavy atom. The standard InChI is InChI=1S/C12H24N4/c1-4-14-12(9-13)5-6-16-8-7-15(3)11(2)10-16/h11-12,14H,4-8,10H2,1-3H3. The Kier molecular flexibility index (Phi) is 5.75. The number of nitrogens with one attached hydrogen (secondary N) is 1. The van der Waals surface area contributed by atoms with Gasteiger partial charge in [-0.1, -0.05) is 6.92 Å². The van der Waals surface area contributed by atoms with E-state index >= 15 is 0 Å². The quantitative estimate of drug-likeness (QED) is 0.739. The molecule has 0 aromatic carbocycles. The van der Waals surface area contributed by atoms with Crippen LogP contribution in [0.15, 0.2) is 0 Å². The molecule has 0 aromatic heterocycles. The Bertz CT molecular complexity index is 236. The van der Waals surface area contributed by atoms with Crippen molar-refractivity contribution in [2.45, 2.75) is 32.4 Å². The van der Waals surface area contributed by atoms with Gasteiger partial charge in [0.2, 0.25) is 0 Å². The molecule has 1 saturated heterocycles. The predicted octanol–water partition coefficient (Wildman–Crippen LogP) is 0.514. The van der Waals surface area contributed by atoms with Crippen molar-refractivity contribution in [3.8, 4) is 6.07 Å². The minimum atomic E-state index is 0.0139. The van der Waals surface area contributed by atoms with Crippen molar-refractivity contribution in [1.82, 2.24) is 15.1 Å². The fraction of sp³-hybridized carbons (Fsp3) is 0.917. The first-order chi connectivity index (χ1) is 7.67. The van der Waals surface area contributed by atoms with Gasteiger partial charge in [0, 0.05) is 32.2 Å². The van der Waals surface area contributed by atoms with E-state index in [-0.39, 0.29) is 6.04 Å². The highest BCUT2D eigenvalue weighted by Crippen LogP contribution is 2.07. The number of hydrogen-bond donors (Lipinski definition) is 1. The molecule has 0 bridgehead atoms. The molecule has 1 heterocycles. The summed E-state index contributed by atoms with van der Waals surface area (Å²) in [6, 6.07) is 2.96. The van der Waals surface area contributed by atoms with Gasteiger partial charge in [-0.3, -0.25) is 0 Å². The van der Waals surface area contributed by atoms with Crippen LogP contribution in [0.4, 0.5) is 0 Å². The number of piperazine rings is 1. The molecule has 1 fully saturated rings. The zero-order valence-electron chi connectivity index (χ0n) is 10.7. The molecule has 0 spiro atoms. The summed E-state index contributed by atoms with van der Waals surface area (Å²) in [6.07, 6.45) is 0.931. The topological polar surface area (TPSA) is 42.3 Å². The van der Waals surface area contributed by atoms with Crippen LogP contribution in [0, 0.1) is 11.3 Å². The Labute approximate surface area is 99.2 Å². The molecule has 2 atom stereocenters. The Balaban J connectivity index is 2.25. The lowest BCUT2D eigenvalue weighted by Crippen LogP contribution is -2.50. The van der Waals surface area contributed by atoms with Crippen LogP contribution in [0.3, 0.4) is 0 Å². The van der Waals surface area contributed by atoms with Crippen molar-refractivity contribution in [3.63, 3.8) is 0 Å². The summed E-state index contributed by atoms with van der Waals surface area (Å²) < 4.78 is 0. The summed E-state index contributed by atoms with van der Waals surface area (Å²) in [7, 11) is 2.18. The average Bonchev–Trinajstić information content (AvgIpc) is 2.28. The number of likely N-dealkylation sites (N-methyl/N-ethyl adjacent to an activating group) is 1. The van der Waals surface area contributed by atoms with E-state index in [4.69, 9.17) is 5.26 Å². The largest absolute Gasteiger partial charge is 0.302 e. The molecule has 1 aliphatic rings. The highest BCUT2D eigenvalue weighted by atomic mass is 15.3. The third-order valence-electron chi connectivity index (χ3n) is 3.38. The fourth-order valence-corrected chi connectivity index (χ4v) is 2.10. The van der Waals surface area contributed by atoms with Crippen LogP contribution in [-0.4, -0.2) is 61.7 Å². The first-order valence-electron chi connectivity index (χ1n) is 6.23. The maximum absolute atomic E-state index is 8.94. The summed E-state index contributed by atoms with van der Waals surface area (Å²) in [5, 5.41) is 12.1. The van der Waals surface area contributed by atoms with E-state index in [1.54, 1.807) is 0 Å². The van der Waals surface area contributed by atoms with Crippen molar-refractivity contribution in [2.24, 2.45) is 0 Å². The van der Waals surface area contributed by atoms with Crippen LogP contribution in [0.5, 0.6) is 0 Å². The van der Waals surface area contributed by atoms with Crippen molar-refractivity contribution in [3.05, 3.63) is 0 Å². The summed E-state index contributed by atoms with van der Waals surface area (Å²) in [4.78, 5) is 4.86. The van der Waals surface area contributed by atoms with E-state index in [2.05, 4.69) is 35.2 Å². The summed E-state index contributed by atoms with van der Waals surface area (Å²) in [5.41, 5.74) is 0. The van der Waals surface area contributed by atoms with Crippen molar-refractivity contribution in [1.29, 1.82) is 5.26 Å². The summed E-state index contributed by atoms with van der Waals surface area (Å²) in [5.74, 6) is 0. The normalized spacial score (nSPS) is 25.2. The van der Waals surface area contributed by atoms with Gasteiger partial charge in [-0.05, 0) is 26.9 Å². The second-order valence-electron chi connectivity index (χ2n) is 4.66. The molecule has 0 aliphatic carbocycles. The number of nitrogens with zero attached hydrogens (tertiary/aromatic N) is 3. The molecule has 0 amide bonds. The van der Waals surface area contributed by atoms with Crippen LogP contribution in [0.2, 0.25) is 0 Å². The zero-order chi connectivity index (χ0) is 12.0. The minimum Gasteiger partial charge on any atom is -0.302 e. The molecule has 1 N–H and O–H groups in total. The van der Waals surface area contributed by atoms with Gasteiger partial charge in [-0.15, -0.1) is 0 Å². The Morgan fingerprint density at radius 2 is 2.25 bits per heavy atom. The minimum absolute atomic E-state index is 0.0139. The van der Waals surface area contributed by atoms with Gasteiger partial charge in [-0.25, -0.2) is 0 Å². The molecule has 1 aliphatic heterocycles. The highest BCUT2D eigenvalue weighted by Gasteiger charge is 2.20. The van der Waals surface area contributed by atoms with Crippen LogP contribution >= 0.6 is 0 Å². The van der Waals surface area contributed by atoms with E-state index in [1.165, 1.54) is 0 Å². The second-order valence-corrected chi connectivity index (χ2v) is 4.66. The van der Waals surface area contributed by atoms with Crippen LogP contribution in [0.25, 0.3) is 0 Å². The van der Waals surface area contributed by atoms with Crippen molar-refractivity contribution in [2.75, 3.05) is 39.8 Å². The number of nitriles is 1. The van der Waals surface area contributed by atoms with E-state index in [0.717, 1.165) is 39.1 Å². The molecule has 4 nitrogen and oxygen atoms in total. The smallest absolute Gasteiger partial charge is 0.0965 e. The molecule has 1 rings (SSSR count). The molecule has 92 valence electrons. The van der Waals surface area contributed by atoms with Gasteiger partial charge < -0.3 is 15.1 Å². The van der Waals surface area contributed by atoms with Crippen LogP contribution in [-0.2, 0) is 0 Å². The summed E-state index contributed by atoms with van der Waals surface area (Å²) in [6.45, 7) is 9.60. The van der Waals surface area contributed by atoms with Gasteiger partial charge in [0.25, 0.3) is 0 Å². The lowest BCUT2D eigenvalue weighted by molar-refractivity contribution is 0.103. The number of hydrogen-bond acceptors (Lipinski definition) is 4. The van der Waals surface area contributed by atoms with E-state index in [0.29, 0.717) is 6.04 Å². The van der Waals surface area contributed by atoms with Gasteiger partial charge in [-0.2, -0.15) is 5.26 Å². The van der Waals surface area contributed by atoms with Crippen LogP contribution in [0.1, 0.15) is 20.3 Å². The maximum atomic E-state index is 8.94. The average molecular weight is 224 g/mol. The molecule has 0 aromatic rings. The Hall–Kier alpha value is -0.630. The summed E-state index contributed by atoms with van der Waals surface area (Å²) >= 11 is 0. The number of rotatable bonds is 5. The molecule has 4 heteroatoms. The molecule has 0 radical (unpaired) electrons. The van der Waals surface area contributed by atoms with E-state index < -0.39 is 0 Å². The Morgan fingerprint density at radius 3 is 2.81 bits per heavy atom. The lowest BCUT2D eigenvalue weighted by Gasteiger charge is -2.37. The fourth-order valence-electron chi connectivity index (χ4n) is 2.10. The lowest BCUT2D eigenvalue weighted by atomic mass is 10.1. The van der Waals surface area contributed by atoms with Crippen LogP contribution < -0.4 is 5.32 Å². The monoisotopic (exact) mass is 224 g/mol. The maximum Gasteiger partial charge on any atom is 0.0965 e. The van der Waals surface area contributed by atoms with Gasteiger partial charge in [0.15, 0.2) is 0 Å². The van der Waals surface area contributed by atoms with Gasteiger partial charge in [0.1, 0.15) is 0 Å². The molecule has 0 saturated carbocycles. The molecular formula is C12H24N4. The van der Waals surface area contributed by atoms with Gasteiger partial charge >= 0.3 is 0 Å². The second kappa shape index (κ2) is 6.85. The van der Waals surface area contributed by atoms with E-state index in [1.807, 2.05) is 6.92 Å². The SMILES string of the molecule is CCNC(C#N)CCN1CCN(C)C(C)C1. The zero-order valence-corrected chi connectivity index (χ0v) is 10.7. The van der Waals surface area contributed by atoms with Crippen molar-refractivity contribution >= 4 is 0 Å².